The minimum Gasteiger partial charge on any atom is -0.437 e. The molecule has 1 unspecified atom stereocenters. The smallest absolute Gasteiger partial charge is 0.246 e. The highest BCUT2D eigenvalue weighted by molar-refractivity contribution is 6.30. The molecular weight excluding hydrogens is 359 g/mol. The van der Waals surface area contributed by atoms with Crippen LogP contribution in [0.1, 0.15) is 24.8 Å². The Balaban J connectivity index is 1.62. The zero-order chi connectivity index (χ0) is 17.2. The van der Waals surface area contributed by atoms with Gasteiger partial charge in [-0.1, -0.05) is 23.8 Å². The molecule has 0 N–H and O–H groups in total. The molecule has 1 aromatic carbocycles. The van der Waals surface area contributed by atoms with E-state index >= 15 is 0 Å². The van der Waals surface area contributed by atoms with Crippen LogP contribution in [-0.4, -0.2) is 19.8 Å². The summed E-state index contributed by atoms with van der Waals surface area (Å²) in [5.74, 6) is 1.80. The second-order valence-electron chi connectivity index (χ2n) is 6.12. The SMILES string of the molecule is Clc1ccc(Oc2ccc3nnc(Cl)n3n2)c(CC2CC=CCC2)c1. The number of aromatic nitrogens is 4. The van der Waals surface area contributed by atoms with Crippen LogP contribution in [0.4, 0.5) is 0 Å². The first-order chi connectivity index (χ1) is 12.2. The molecule has 2 aromatic heterocycles. The summed E-state index contributed by atoms with van der Waals surface area (Å²) in [5, 5.41) is 12.9. The van der Waals surface area contributed by atoms with Gasteiger partial charge in [0, 0.05) is 11.1 Å². The Morgan fingerprint density at radius 3 is 2.88 bits per heavy atom. The van der Waals surface area contributed by atoms with Crippen LogP contribution in [0.3, 0.4) is 0 Å². The maximum atomic E-state index is 6.20. The molecule has 0 aliphatic heterocycles. The number of benzene rings is 1. The van der Waals surface area contributed by atoms with Crippen molar-refractivity contribution in [2.75, 3.05) is 0 Å². The van der Waals surface area contributed by atoms with E-state index in [0.29, 0.717) is 22.5 Å². The molecule has 25 heavy (non-hydrogen) atoms. The Bertz CT molecular complexity index is 938. The van der Waals surface area contributed by atoms with Crippen molar-refractivity contribution in [2.24, 2.45) is 5.92 Å². The van der Waals surface area contributed by atoms with Gasteiger partial charge in [-0.25, -0.2) is 0 Å². The topological polar surface area (TPSA) is 52.3 Å². The number of rotatable bonds is 4. The van der Waals surface area contributed by atoms with E-state index < -0.39 is 0 Å². The van der Waals surface area contributed by atoms with Crippen molar-refractivity contribution >= 4 is 28.8 Å². The van der Waals surface area contributed by atoms with Gasteiger partial charge in [0.05, 0.1) is 0 Å². The van der Waals surface area contributed by atoms with Crippen LogP contribution in [0.2, 0.25) is 10.3 Å². The van der Waals surface area contributed by atoms with Gasteiger partial charge in [0.25, 0.3) is 0 Å². The van der Waals surface area contributed by atoms with Crippen molar-refractivity contribution in [1.82, 2.24) is 19.8 Å². The van der Waals surface area contributed by atoms with Crippen molar-refractivity contribution in [2.45, 2.75) is 25.7 Å². The molecule has 7 heteroatoms. The Labute approximate surface area is 155 Å². The molecule has 0 spiro atoms. The second-order valence-corrected chi connectivity index (χ2v) is 6.89. The largest absolute Gasteiger partial charge is 0.437 e. The summed E-state index contributed by atoms with van der Waals surface area (Å²) in [6.07, 6.45) is 8.83. The highest BCUT2D eigenvalue weighted by atomic mass is 35.5. The molecule has 0 bridgehead atoms. The summed E-state index contributed by atoms with van der Waals surface area (Å²) >= 11 is 12.2. The fourth-order valence-electron chi connectivity index (χ4n) is 3.07. The van der Waals surface area contributed by atoms with Gasteiger partial charge in [0.2, 0.25) is 11.2 Å². The van der Waals surface area contributed by atoms with E-state index in [1.54, 1.807) is 12.1 Å². The van der Waals surface area contributed by atoms with Crippen molar-refractivity contribution in [3.63, 3.8) is 0 Å². The summed E-state index contributed by atoms with van der Waals surface area (Å²) in [6, 6.07) is 9.20. The van der Waals surface area contributed by atoms with Crippen LogP contribution in [0.25, 0.3) is 5.65 Å². The van der Waals surface area contributed by atoms with E-state index in [1.165, 1.54) is 10.9 Å². The molecule has 0 amide bonds. The lowest BCUT2D eigenvalue weighted by Crippen LogP contribution is -2.07. The van der Waals surface area contributed by atoms with Crippen LogP contribution in [0.15, 0.2) is 42.5 Å². The van der Waals surface area contributed by atoms with E-state index in [0.717, 1.165) is 30.6 Å². The molecule has 3 aromatic rings. The van der Waals surface area contributed by atoms with Gasteiger partial charge in [-0.2, -0.15) is 4.52 Å². The Morgan fingerprint density at radius 2 is 2.04 bits per heavy atom. The molecule has 1 aliphatic rings. The minimum atomic E-state index is 0.200. The fourth-order valence-corrected chi connectivity index (χ4v) is 3.43. The molecule has 4 rings (SSSR count). The Hall–Kier alpha value is -2.11. The third-order valence-electron chi connectivity index (χ3n) is 4.32. The summed E-state index contributed by atoms with van der Waals surface area (Å²) < 4.78 is 7.46. The first kappa shape index (κ1) is 16.4. The molecular formula is C18H16Cl2N4O. The highest BCUT2D eigenvalue weighted by Gasteiger charge is 2.15. The van der Waals surface area contributed by atoms with Crippen molar-refractivity contribution < 1.29 is 4.74 Å². The molecule has 1 atom stereocenters. The average molecular weight is 375 g/mol. The highest BCUT2D eigenvalue weighted by Crippen LogP contribution is 2.32. The molecule has 0 fully saturated rings. The number of hydrogen-bond acceptors (Lipinski definition) is 4. The summed E-state index contributed by atoms with van der Waals surface area (Å²) in [6.45, 7) is 0. The van der Waals surface area contributed by atoms with E-state index in [9.17, 15) is 0 Å². The van der Waals surface area contributed by atoms with Crippen LogP contribution >= 0.6 is 23.2 Å². The van der Waals surface area contributed by atoms with Gasteiger partial charge < -0.3 is 4.74 Å². The van der Waals surface area contributed by atoms with Crippen molar-refractivity contribution in [3.05, 3.63) is 58.4 Å². The molecule has 0 saturated heterocycles. The molecule has 0 radical (unpaired) electrons. The Morgan fingerprint density at radius 1 is 1.12 bits per heavy atom. The zero-order valence-corrected chi connectivity index (χ0v) is 14.9. The van der Waals surface area contributed by atoms with Crippen LogP contribution < -0.4 is 4.74 Å². The van der Waals surface area contributed by atoms with Crippen molar-refractivity contribution in [3.8, 4) is 11.6 Å². The number of allylic oxidation sites excluding steroid dienone is 2. The van der Waals surface area contributed by atoms with E-state index in [4.69, 9.17) is 27.9 Å². The average Bonchev–Trinajstić information content (AvgIpc) is 2.99. The summed E-state index contributed by atoms with van der Waals surface area (Å²) in [7, 11) is 0. The lowest BCUT2D eigenvalue weighted by Gasteiger charge is -2.19. The number of halogens is 2. The minimum absolute atomic E-state index is 0.200. The van der Waals surface area contributed by atoms with E-state index in [2.05, 4.69) is 27.4 Å². The van der Waals surface area contributed by atoms with Gasteiger partial charge in [-0.05, 0) is 73.0 Å². The first-order valence-electron chi connectivity index (χ1n) is 8.18. The number of nitrogens with zero attached hydrogens (tertiary/aromatic N) is 4. The van der Waals surface area contributed by atoms with Crippen LogP contribution in [-0.2, 0) is 6.42 Å². The maximum Gasteiger partial charge on any atom is 0.246 e. The van der Waals surface area contributed by atoms with Gasteiger partial charge in [-0.3, -0.25) is 0 Å². The fraction of sp³-hybridized carbons (Fsp3) is 0.278. The van der Waals surface area contributed by atoms with Gasteiger partial charge >= 0.3 is 0 Å². The van der Waals surface area contributed by atoms with Gasteiger partial charge in [0.1, 0.15) is 5.75 Å². The maximum absolute atomic E-state index is 6.20. The summed E-state index contributed by atoms with van der Waals surface area (Å²) in [5.41, 5.74) is 1.66. The zero-order valence-electron chi connectivity index (χ0n) is 13.4. The number of ether oxygens (including phenoxy) is 1. The predicted molar refractivity (Wildman–Crippen MR) is 97.5 cm³/mol. The Kier molecular flexibility index (Phi) is 4.59. The molecule has 5 nitrogen and oxygen atoms in total. The molecule has 0 saturated carbocycles. The molecule has 128 valence electrons. The van der Waals surface area contributed by atoms with Crippen molar-refractivity contribution in [1.29, 1.82) is 0 Å². The lowest BCUT2D eigenvalue weighted by molar-refractivity contribution is 0.430. The quantitative estimate of drug-likeness (QED) is 0.594. The molecule has 1 aliphatic carbocycles. The van der Waals surface area contributed by atoms with Crippen LogP contribution in [0.5, 0.6) is 11.6 Å². The third kappa shape index (κ3) is 3.62. The second kappa shape index (κ2) is 7.02. The normalized spacial score (nSPS) is 17.1. The standard InChI is InChI=1S/C18H16Cl2N4O/c19-14-6-7-15(13(11-14)10-12-4-2-1-3-5-12)25-17-9-8-16-21-22-18(20)24(16)23-17/h1-2,6-9,11-12H,3-5,10H2. The van der Waals surface area contributed by atoms with Gasteiger partial charge in [0.15, 0.2) is 5.65 Å². The number of fused-ring (bicyclic) bond motifs is 1. The third-order valence-corrected chi connectivity index (χ3v) is 4.79. The monoisotopic (exact) mass is 374 g/mol. The predicted octanol–water partition coefficient (Wildman–Crippen LogP) is 5.12. The first-order valence-corrected chi connectivity index (χ1v) is 8.94. The van der Waals surface area contributed by atoms with E-state index in [1.807, 2.05) is 18.2 Å². The number of hydrogen-bond donors (Lipinski definition) is 0. The van der Waals surface area contributed by atoms with Gasteiger partial charge in [-0.15, -0.1) is 15.3 Å². The lowest BCUT2D eigenvalue weighted by atomic mass is 9.88. The molecule has 2 heterocycles. The van der Waals surface area contributed by atoms with Crippen LogP contribution in [0, 0.1) is 5.92 Å². The van der Waals surface area contributed by atoms with E-state index in [-0.39, 0.29) is 5.28 Å². The summed E-state index contributed by atoms with van der Waals surface area (Å²) in [4.78, 5) is 0.